The maximum Gasteiger partial charge on any atom is 0.405 e. The Labute approximate surface area is 148 Å². The number of hydrogen-bond acceptors (Lipinski definition) is 3. The summed E-state index contributed by atoms with van der Waals surface area (Å²) >= 11 is 12.6. The Bertz CT molecular complexity index is 778. The molecule has 1 aromatic heterocycles. The molecule has 0 aliphatic rings. The van der Waals surface area contributed by atoms with Crippen LogP contribution in [-0.2, 0) is 0 Å². The van der Waals surface area contributed by atoms with Gasteiger partial charge >= 0.3 is 6.18 Å². The number of amides is 2. The van der Waals surface area contributed by atoms with Crippen molar-refractivity contribution in [3.63, 3.8) is 0 Å². The van der Waals surface area contributed by atoms with E-state index in [2.05, 4.69) is 5.32 Å². The lowest BCUT2D eigenvalue weighted by atomic mass is 10.1. The molecule has 0 radical (unpaired) electrons. The van der Waals surface area contributed by atoms with Gasteiger partial charge in [-0.3, -0.25) is 9.59 Å². The molecular weight excluding hydrogens is 388 g/mol. The molecular formula is C14H9Cl2F3N2O2S. The minimum atomic E-state index is -4.53. The van der Waals surface area contributed by atoms with Crippen LogP contribution in [0.25, 0.3) is 0 Å². The molecule has 0 aliphatic heterocycles. The lowest BCUT2D eigenvalue weighted by molar-refractivity contribution is -0.123. The average Bonchev–Trinajstić information content (AvgIpc) is 2.83. The first kappa shape index (κ1) is 18.6. The van der Waals surface area contributed by atoms with Gasteiger partial charge < -0.3 is 10.6 Å². The predicted molar refractivity (Wildman–Crippen MR) is 87.1 cm³/mol. The molecule has 0 aliphatic carbocycles. The molecule has 0 spiro atoms. The van der Waals surface area contributed by atoms with E-state index < -0.39 is 24.5 Å². The molecule has 0 bridgehead atoms. The lowest BCUT2D eigenvalue weighted by Gasteiger charge is -2.12. The van der Waals surface area contributed by atoms with E-state index in [-0.39, 0.29) is 21.2 Å². The minimum Gasteiger partial charge on any atom is -0.343 e. The quantitative estimate of drug-likeness (QED) is 0.793. The molecule has 0 saturated carbocycles. The van der Waals surface area contributed by atoms with Crippen molar-refractivity contribution < 1.29 is 22.8 Å². The molecule has 1 aromatic carbocycles. The van der Waals surface area contributed by atoms with Crippen LogP contribution in [0.2, 0.25) is 8.67 Å². The smallest absolute Gasteiger partial charge is 0.343 e. The number of carbonyl (C=O) groups is 2. The Hall–Kier alpha value is -1.77. The van der Waals surface area contributed by atoms with Gasteiger partial charge in [0.05, 0.1) is 21.2 Å². The summed E-state index contributed by atoms with van der Waals surface area (Å²) in [5.41, 5.74) is 0.0604. The number of benzene rings is 1. The summed E-state index contributed by atoms with van der Waals surface area (Å²) in [5.74, 6) is -1.59. The van der Waals surface area contributed by atoms with Gasteiger partial charge in [0.25, 0.3) is 11.8 Å². The fourth-order valence-electron chi connectivity index (χ4n) is 1.75. The lowest BCUT2D eigenvalue weighted by Crippen LogP contribution is -2.34. The molecule has 2 aromatic rings. The number of rotatable bonds is 4. The molecule has 10 heteroatoms. The van der Waals surface area contributed by atoms with Gasteiger partial charge in [-0.05, 0) is 18.2 Å². The highest BCUT2D eigenvalue weighted by Gasteiger charge is 2.28. The fraction of sp³-hybridized carbons (Fsp3) is 0.143. The number of thiophene rings is 1. The zero-order valence-corrected chi connectivity index (χ0v) is 14.0. The molecule has 0 unspecified atom stereocenters. The third-order valence-corrected chi connectivity index (χ3v) is 4.26. The molecule has 2 rings (SSSR count). The van der Waals surface area contributed by atoms with Crippen molar-refractivity contribution >= 4 is 52.0 Å². The number of nitrogens with one attached hydrogen (secondary N) is 2. The largest absolute Gasteiger partial charge is 0.405 e. The van der Waals surface area contributed by atoms with E-state index in [0.29, 0.717) is 4.34 Å². The Morgan fingerprint density at radius 1 is 1.08 bits per heavy atom. The van der Waals surface area contributed by atoms with Crippen molar-refractivity contribution in [2.24, 2.45) is 0 Å². The van der Waals surface area contributed by atoms with Gasteiger partial charge in [0.15, 0.2) is 0 Å². The van der Waals surface area contributed by atoms with Crippen molar-refractivity contribution in [1.29, 1.82) is 0 Å². The number of alkyl halides is 3. The third kappa shape index (κ3) is 4.86. The van der Waals surface area contributed by atoms with Crippen LogP contribution in [0.15, 0.2) is 30.3 Å². The van der Waals surface area contributed by atoms with E-state index in [9.17, 15) is 22.8 Å². The zero-order chi connectivity index (χ0) is 17.9. The predicted octanol–water partition coefficient (Wildman–Crippen LogP) is 4.60. The van der Waals surface area contributed by atoms with Gasteiger partial charge in [-0.2, -0.15) is 13.2 Å². The summed E-state index contributed by atoms with van der Waals surface area (Å²) < 4.78 is 37.1. The van der Waals surface area contributed by atoms with Gasteiger partial charge in [0.1, 0.15) is 10.9 Å². The second kappa shape index (κ2) is 7.42. The first-order valence-electron chi connectivity index (χ1n) is 6.37. The molecule has 0 fully saturated rings. The molecule has 2 amide bonds. The van der Waals surface area contributed by atoms with E-state index in [1.54, 1.807) is 5.32 Å². The van der Waals surface area contributed by atoms with Gasteiger partial charge in [-0.25, -0.2) is 0 Å². The highest BCUT2D eigenvalue weighted by Crippen LogP contribution is 2.31. The Morgan fingerprint density at radius 2 is 1.75 bits per heavy atom. The van der Waals surface area contributed by atoms with Crippen molar-refractivity contribution in [3.05, 3.63) is 50.1 Å². The van der Waals surface area contributed by atoms with Crippen LogP contribution in [0, 0.1) is 0 Å². The number of para-hydroxylation sites is 1. The highest BCUT2D eigenvalue weighted by molar-refractivity contribution is 7.20. The molecule has 128 valence electrons. The van der Waals surface area contributed by atoms with E-state index in [1.807, 2.05) is 0 Å². The standard InChI is InChI=1S/C14H9Cl2F3N2O2S/c15-10-5-8(11(16)24-10)13(23)21-9-4-2-1-3-7(9)12(22)20-6-14(17,18)19/h1-5H,6H2,(H,20,22)(H,21,23). The molecule has 1 heterocycles. The van der Waals surface area contributed by atoms with E-state index in [4.69, 9.17) is 23.2 Å². The maximum atomic E-state index is 12.2. The van der Waals surface area contributed by atoms with Gasteiger partial charge in [0.2, 0.25) is 0 Å². The first-order chi connectivity index (χ1) is 11.2. The zero-order valence-electron chi connectivity index (χ0n) is 11.7. The van der Waals surface area contributed by atoms with E-state index in [0.717, 1.165) is 11.3 Å². The minimum absolute atomic E-state index is 0.0561. The monoisotopic (exact) mass is 396 g/mol. The van der Waals surface area contributed by atoms with Gasteiger partial charge in [-0.15, -0.1) is 11.3 Å². The van der Waals surface area contributed by atoms with Crippen LogP contribution >= 0.6 is 34.5 Å². The van der Waals surface area contributed by atoms with Crippen molar-refractivity contribution in [3.8, 4) is 0 Å². The van der Waals surface area contributed by atoms with Gasteiger partial charge in [-0.1, -0.05) is 35.3 Å². The van der Waals surface area contributed by atoms with Gasteiger partial charge in [0, 0.05) is 0 Å². The summed E-state index contributed by atoms with van der Waals surface area (Å²) in [6.07, 6.45) is -4.53. The normalized spacial score (nSPS) is 11.2. The summed E-state index contributed by atoms with van der Waals surface area (Å²) in [5, 5.41) is 4.19. The molecule has 0 atom stereocenters. The Balaban J connectivity index is 2.18. The van der Waals surface area contributed by atoms with E-state index in [1.165, 1.54) is 30.3 Å². The van der Waals surface area contributed by atoms with E-state index >= 15 is 0 Å². The molecule has 24 heavy (non-hydrogen) atoms. The molecule has 4 nitrogen and oxygen atoms in total. The highest BCUT2D eigenvalue weighted by atomic mass is 35.5. The van der Waals surface area contributed by atoms with Crippen LogP contribution in [-0.4, -0.2) is 24.5 Å². The van der Waals surface area contributed by atoms with Crippen molar-refractivity contribution in [2.45, 2.75) is 6.18 Å². The Kier molecular flexibility index (Phi) is 5.74. The van der Waals surface area contributed by atoms with Crippen LogP contribution in [0.3, 0.4) is 0 Å². The van der Waals surface area contributed by atoms with Crippen LogP contribution < -0.4 is 10.6 Å². The number of halogens is 5. The fourth-order valence-corrected chi connectivity index (χ4v) is 3.21. The first-order valence-corrected chi connectivity index (χ1v) is 7.95. The second-order valence-electron chi connectivity index (χ2n) is 4.54. The molecule has 2 N–H and O–H groups in total. The average molecular weight is 397 g/mol. The maximum absolute atomic E-state index is 12.2. The number of carbonyl (C=O) groups excluding carboxylic acids is 2. The molecule has 0 saturated heterocycles. The number of hydrogen-bond donors (Lipinski definition) is 2. The number of anilines is 1. The van der Waals surface area contributed by atoms with Crippen molar-refractivity contribution in [2.75, 3.05) is 11.9 Å². The summed E-state index contributed by atoms with van der Waals surface area (Å²) in [7, 11) is 0. The topological polar surface area (TPSA) is 58.2 Å². The van der Waals surface area contributed by atoms with Crippen LogP contribution in [0.4, 0.5) is 18.9 Å². The third-order valence-electron chi connectivity index (χ3n) is 2.77. The summed E-state index contributed by atoms with van der Waals surface area (Å²) in [6.45, 7) is -1.47. The summed E-state index contributed by atoms with van der Waals surface area (Å²) in [4.78, 5) is 24.1. The second-order valence-corrected chi connectivity index (χ2v) is 6.82. The van der Waals surface area contributed by atoms with Crippen LogP contribution in [0.1, 0.15) is 20.7 Å². The Morgan fingerprint density at radius 3 is 2.33 bits per heavy atom. The van der Waals surface area contributed by atoms with Crippen LogP contribution in [0.5, 0.6) is 0 Å². The van der Waals surface area contributed by atoms with Crippen molar-refractivity contribution in [1.82, 2.24) is 5.32 Å². The summed E-state index contributed by atoms with van der Waals surface area (Å²) in [6, 6.07) is 7.03. The SMILES string of the molecule is O=C(NCC(F)(F)F)c1ccccc1NC(=O)c1cc(Cl)sc1Cl.